The summed E-state index contributed by atoms with van der Waals surface area (Å²) < 4.78 is 7.45. The first-order valence-corrected chi connectivity index (χ1v) is 7.55. The van der Waals surface area contributed by atoms with E-state index in [1.165, 1.54) is 6.33 Å². The summed E-state index contributed by atoms with van der Waals surface area (Å²) in [6, 6.07) is 11.1. The maximum Gasteiger partial charge on any atom is 0.406 e. The standard InChI is InChI=1S/C16H15ClN4O3/c1-19(16-15(21(22)23)18-10-20(16)2)9-13-7-8-14(24-13)11-3-5-12(17)6-4-11/h3-8,10H,9H2,1-2H3. The number of hydrogen-bond donors (Lipinski definition) is 0. The van der Waals surface area contributed by atoms with Crippen molar-refractivity contribution in [2.75, 3.05) is 11.9 Å². The van der Waals surface area contributed by atoms with Crippen LogP contribution in [-0.2, 0) is 13.6 Å². The third-order valence-corrected chi connectivity index (χ3v) is 3.86. The number of hydrogen-bond acceptors (Lipinski definition) is 5. The molecular weight excluding hydrogens is 332 g/mol. The third-order valence-electron chi connectivity index (χ3n) is 3.61. The SMILES string of the molecule is CN(Cc1ccc(-c2ccc(Cl)cc2)o1)c1c([N+](=O)[O-])ncn1C. The Bertz CT molecular complexity index is 870. The second-order valence-electron chi connectivity index (χ2n) is 5.39. The zero-order chi connectivity index (χ0) is 17.3. The highest BCUT2D eigenvalue weighted by atomic mass is 35.5. The fourth-order valence-electron chi connectivity index (χ4n) is 2.52. The Hall–Kier alpha value is -2.80. The predicted molar refractivity (Wildman–Crippen MR) is 91.1 cm³/mol. The number of halogens is 1. The molecule has 0 fully saturated rings. The van der Waals surface area contributed by atoms with Crippen molar-refractivity contribution in [2.24, 2.45) is 7.05 Å². The van der Waals surface area contributed by atoms with Crippen molar-refractivity contribution in [3.8, 4) is 11.3 Å². The van der Waals surface area contributed by atoms with Gasteiger partial charge in [0, 0.05) is 24.7 Å². The van der Waals surface area contributed by atoms with Gasteiger partial charge in [0.2, 0.25) is 12.1 Å². The number of aryl methyl sites for hydroxylation is 1. The monoisotopic (exact) mass is 346 g/mol. The molecule has 3 rings (SSSR count). The van der Waals surface area contributed by atoms with Gasteiger partial charge < -0.3 is 19.4 Å². The average molecular weight is 347 g/mol. The molecule has 0 bridgehead atoms. The second kappa shape index (κ2) is 6.37. The van der Waals surface area contributed by atoms with Gasteiger partial charge in [-0.1, -0.05) is 11.6 Å². The molecule has 0 aliphatic carbocycles. The molecule has 0 saturated heterocycles. The summed E-state index contributed by atoms with van der Waals surface area (Å²) in [7, 11) is 3.47. The van der Waals surface area contributed by atoms with E-state index in [0.717, 1.165) is 11.3 Å². The molecule has 0 saturated carbocycles. The fraction of sp³-hybridized carbons (Fsp3) is 0.188. The first-order chi connectivity index (χ1) is 11.5. The molecule has 124 valence electrons. The highest BCUT2D eigenvalue weighted by Crippen LogP contribution is 2.28. The van der Waals surface area contributed by atoms with Crippen molar-refractivity contribution in [3.63, 3.8) is 0 Å². The van der Waals surface area contributed by atoms with Gasteiger partial charge in [-0.05, 0) is 46.3 Å². The van der Waals surface area contributed by atoms with Crippen LogP contribution in [0.3, 0.4) is 0 Å². The molecule has 3 aromatic rings. The summed E-state index contributed by atoms with van der Waals surface area (Å²) >= 11 is 5.88. The summed E-state index contributed by atoms with van der Waals surface area (Å²) in [5.74, 6) is 1.65. The lowest BCUT2D eigenvalue weighted by molar-refractivity contribution is -0.388. The van der Waals surface area contributed by atoms with Crippen LogP contribution >= 0.6 is 11.6 Å². The average Bonchev–Trinajstić information content (AvgIpc) is 3.14. The van der Waals surface area contributed by atoms with Crippen LogP contribution in [0.1, 0.15) is 5.76 Å². The molecule has 0 N–H and O–H groups in total. The minimum Gasteiger partial charge on any atom is -0.459 e. The number of rotatable bonds is 5. The molecule has 2 heterocycles. The Kier molecular flexibility index (Phi) is 4.26. The molecule has 1 aromatic carbocycles. The lowest BCUT2D eigenvalue weighted by Gasteiger charge is -2.16. The lowest BCUT2D eigenvalue weighted by Crippen LogP contribution is -2.19. The number of furan rings is 1. The highest BCUT2D eigenvalue weighted by Gasteiger charge is 2.24. The molecule has 0 atom stereocenters. The van der Waals surface area contributed by atoms with Gasteiger partial charge in [0.05, 0.1) is 6.54 Å². The van der Waals surface area contributed by atoms with E-state index < -0.39 is 4.92 Å². The van der Waals surface area contributed by atoms with Crippen LogP contribution in [0.5, 0.6) is 0 Å². The zero-order valence-electron chi connectivity index (χ0n) is 13.1. The molecule has 0 amide bonds. The van der Waals surface area contributed by atoms with Gasteiger partial charge in [-0.25, -0.2) is 0 Å². The zero-order valence-corrected chi connectivity index (χ0v) is 13.9. The van der Waals surface area contributed by atoms with Gasteiger partial charge in [0.15, 0.2) is 0 Å². The van der Waals surface area contributed by atoms with Gasteiger partial charge in [0.1, 0.15) is 11.5 Å². The number of anilines is 1. The van der Waals surface area contributed by atoms with E-state index in [1.54, 1.807) is 35.7 Å². The summed E-state index contributed by atoms with van der Waals surface area (Å²) in [5, 5.41) is 11.7. The second-order valence-corrected chi connectivity index (χ2v) is 5.83. The Morgan fingerprint density at radius 2 is 2.00 bits per heavy atom. The van der Waals surface area contributed by atoms with E-state index in [4.69, 9.17) is 16.0 Å². The lowest BCUT2D eigenvalue weighted by atomic mass is 10.2. The first-order valence-electron chi connectivity index (χ1n) is 7.17. The van der Waals surface area contributed by atoms with Crippen LogP contribution in [0.15, 0.2) is 47.1 Å². The van der Waals surface area contributed by atoms with Crippen molar-refractivity contribution in [2.45, 2.75) is 6.54 Å². The summed E-state index contributed by atoms with van der Waals surface area (Å²) in [6.45, 7) is 0.383. The molecular formula is C16H15ClN4O3. The van der Waals surface area contributed by atoms with Gasteiger partial charge in [-0.15, -0.1) is 0 Å². The van der Waals surface area contributed by atoms with Crippen LogP contribution < -0.4 is 4.90 Å². The van der Waals surface area contributed by atoms with Crippen LogP contribution in [-0.4, -0.2) is 21.5 Å². The normalized spacial score (nSPS) is 10.8. The highest BCUT2D eigenvalue weighted by molar-refractivity contribution is 6.30. The van der Waals surface area contributed by atoms with Gasteiger partial charge in [0.25, 0.3) is 0 Å². The van der Waals surface area contributed by atoms with Gasteiger partial charge >= 0.3 is 5.82 Å². The number of nitro groups is 1. The maximum absolute atomic E-state index is 11.1. The molecule has 2 aromatic heterocycles. The minimum atomic E-state index is -0.493. The Morgan fingerprint density at radius 3 is 2.67 bits per heavy atom. The first kappa shape index (κ1) is 16.1. The van der Waals surface area contributed by atoms with Crippen LogP contribution in [0.4, 0.5) is 11.6 Å². The molecule has 0 aliphatic rings. The molecule has 7 nitrogen and oxygen atoms in total. The number of imidazole rings is 1. The van der Waals surface area contributed by atoms with E-state index >= 15 is 0 Å². The molecule has 0 radical (unpaired) electrons. The fourth-order valence-corrected chi connectivity index (χ4v) is 2.65. The van der Waals surface area contributed by atoms with Crippen molar-refractivity contribution in [3.05, 3.63) is 63.6 Å². The topological polar surface area (TPSA) is 77.3 Å². The molecule has 24 heavy (non-hydrogen) atoms. The quantitative estimate of drug-likeness (QED) is 0.517. The van der Waals surface area contributed by atoms with E-state index in [-0.39, 0.29) is 5.82 Å². The number of benzene rings is 1. The smallest absolute Gasteiger partial charge is 0.406 e. The van der Waals surface area contributed by atoms with Crippen LogP contribution in [0.2, 0.25) is 5.02 Å². The van der Waals surface area contributed by atoms with Crippen molar-refractivity contribution in [1.29, 1.82) is 0 Å². The summed E-state index contributed by atoms with van der Waals surface area (Å²) in [6.07, 6.45) is 1.42. The molecule has 0 aliphatic heterocycles. The summed E-state index contributed by atoms with van der Waals surface area (Å²) in [4.78, 5) is 16.1. The molecule has 0 unspecified atom stereocenters. The predicted octanol–water partition coefficient (Wildman–Crippen LogP) is 3.88. The largest absolute Gasteiger partial charge is 0.459 e. The van der Waals surface area contributed by atoms with Crippen LogP contribution in [0, 0.1) is 10.1 Å². The number of aromatic nitrogens is 2. The van der Waals surface area contributed by atoms with E-state index in [2.05, 4.69) is 4.98 Å². The van der Waals surface area contributed by atoms with Gasteiger partial charge in [-0.2, -0.15) is 0 Å². The van der Waals surface area contributed by atoms with E-state index in [0.29, 0.717) is 23.1 Å². The van der Waals surface area contributed by atoms with E-state index in [9.17, 15) is 10.1 Å². The molecule has 0 spiro atoms. The Morgan fingerprint density at radius 1 is 1.29 bits per heavy atom. The maximum atomic E-state index is 11.1. The minimum absolute atomic E-state index is 0.176. The van der Waals surface area contributed by atoms with Crippen molar-refractivity contribution >= 4 is 23.2 Å². The van der Waals surface area contributed by atoms with Gasteiger partial charge in [-0.3, -0.25) is 4.57 Å². The van der Waals surface area contributed by atoms with E-state index in [1.807, 2.05) is 24.3 Å². The third kappa shape index (κ3) is 3.11. The molecule has 8 heteroatoms. The van der Waals surface area contributed by atoms with Crippen LogP contribution in [0.25, 0.3) is 11.3 Å². The Labute approximate surface area is 143 Å². The van der Waals surface area contributed by atoms with Crippen molar-refractivity contribution < 1.29 is 9.34 Å². The Balaban J connectivity index is 1.81. The number of nitrogens with zero attached hydrogens (tertiary/aromatic N) is 4. The van der Waals surface area contributed by atoms with Crippen molar-refractivity contribution in [1.82, 2.24) is 9.55 Å². The summed E-state index contributed by atoms with van der Waals surface area (Å²) in [5.41, 5.74) is 0.916.